The molecule has 0 aliphatic heterocycles. The van der Waals surface area contributed by atoms with Gasteiger partial charge in [-0.15, -0.1) is 0 Å². The molecule has 1 amide bonds. The van der Waals surface area contributed by atoms with Gasteiger partial charge in [-0.1, -0.05) is 12.1 Å². The first-order valence-electron chi connectivity index (χ1n) is 9.32. The van der Waals surface area contributed by atoms with E-state index in [1.165, 1.54) is 0 Å². The molecule has 0 saturated carbocycles. The highest BCUT2D eigenvalue weighted by molar-refractivity contribution is 6.05. The monoisotopic (exact) mass is 386 g/mol. The molecule has 2 aromatic heterocycles. The summed E-state index contributed by atoms with van der Waals surface area (Å²) in [7, 11) is 1.83. The molecule has 0 unspecified atom stereocenters. The molecule has 7 heteroatoms. The highest BCUT2D eigenvalue weighted by atomic mass is 16.1. The van der Waals surface area contributed by atoms with E-state index in [4.69, 9.17) is 0 Å². The second kappa shape index (κ2) is 7.35. The van der Waals surface area contributed by atoms with E-state index in [-0.39, 0.29) is 5.91 Å². The molecule has 4 rings (SSSR count). The lowest BCUT2D eigenvalue weighted by molar-refractivity contribution is 0.102. The quantitative estimate of drug-likeness (QED) is 0.578. The van der Waals surface area contributed by atoms with Gasteiger partial charge in [0.1, 0.15) is 6.33 Å². The van der Waals surface area contributed by atoms with E-state index >= 15 is 0 Å². The van der Waals surface area contributed by atoms with E-state index in [0.717, 1.165) is 28.1 Å². The molecule has 1 N–H and O–H groups in total. The molecule has 0 aliphatic carbocycles. The molecule has 0 bridgehead atoms. The highest BCUT2D eigenvalue weighted by Crippen LogP contribution is 2.21. The fraction of sp³-hybridized carbons (Fsp3) is 0.182. The number of carbonyl (C=O) groups is 1. The van der Waals surface area contributed by atoms with Crippen molar-refractivity contribution in [2.75, 3.05) is 5.32 Å². The molecule has 7 nitrogen and oxygen atoms in total. The van der Waals surface area contributed by atoms with Crippen LogP contribution in [0, 0.1) is 20.8 Å². The lowest BCUT2D eigenvalue weighted by Crippen LogP contribution is -2.13. The van der Waals surface area contributed by atoms with Crippen molar-refractivity contribution in [3.8, 4) is 17.1 Å². The largest absolute Gasteiger partial charge is 0.322 e. The third-order valence-electron chi connectivity index (χ3n) is 4.85. The van der Waals surface area contributed by atoms with Crippen molar-refractivity contribution in [2.45, 2.75) is 20.8 Å². The standard InChI is InChI=1S/C22H22N6O/c1-14-5-6-15(2)20(11-14)28-16(3)19(12-24-28)22(29)25-18-9-7-17(8-10-18)21-23-13-27(4)26-21/h5-13H,1-4H3,(H,25,29). The zero-order valence-electron chi connectivity index (χ0n) is 16.8. The highest BCUT2D eigenvalue weighted by Gasteiger charge is 2.16. The number of nitrogens with one attached hydrogen (secondary N) is 1. The number of benzene rings is 2. The van der Waals surface area contributed by atoms with Gasteiger partial charge in [0.25, 0.3) is 5.91 Å². The first-order chi connectivity index (χ1) is 13.9. The van der Waals surface area contributed by atoms with Crippen molar-refractivity contribution in [3.63, 3.8) is 0 Å². The molecule has 0 radical (unpaired) electrons. The first-order valence-corrected chi connectivity index (χ1v) is 9.32. The van der Waals surface area contributed by atoms with Crippen LogP contribution in [0.25, 0.3) is 17.1 Å². The van der Waals surface area contributed by atoms with Gasteiger partial charge in [-0.3, -0.25) is 9.48 Å². The molecule has 0 atom stereocenters. The first kappa shape index (κ1) is 18.6. The molecule has 0 fully saturated rings. The molecule has 0 aliphatic rings. The van der Waals surface area contributed by atoms with Crippen LogP contribution < -0.4 is 5.32 Å². The minimum absolute atomic E-state index is 0.192. The van der Waals surface area contributed by atoms with Crippen LogP contribution in [0.1, 0.15) is 27.2 Å². The van der Waals surface area contributed by atoms with Crippen LogP contribution in [-0.4, -0.2) is 30.5 Å². The Labute approximate surface area is 169 Å². The van der Waals surface area contributed by atoms with Crippen LogP contribution in [0.5, 0.6) is 0 Å². The van der Waals surface area contributed by atoms with E-state index in [1.807, 2.05) is 56.8 Å². The number of amides is 1. The van der Waals surface area contributed by atoms with Crippen LogP contribution in [-0.2, 0) is 7.05 Å². The summed E-state index contributed by atoms with van der Waals surface area (Å²) >= 11 is 0. The Kier molecular flexibility index (Phi) is 4.72. The summed E-state index contributed by atoms with van der Waals surface area (Å²) in [6.07, 6.45) is 3.26. The maximum absolute atomic E-state index is 12.8. The van der Waals surface area contributed by atoms with Gasteiger partial charge in [-0.05, 0) is 62.2 Å². The fourth-order valence-electron chi connectivity index (χ4n) is 3.20. The number of hydrogen-bond donors (Lipinski definition) is 1. The van der Waals surface area contributed by atoms with Crippen LogP contribution in [0.2, 0.25) is 0 Å². The third kappa shape index (κ3) is 3.67. The van der Waals surface area contributed by atoms with E-state index in [9.17, 15) is 4.79 Å². The average molecular weight is 386 g/mol. The number of carbonyl (C=O) groups excluding carboxylic acids is 1. The number of nitrogens with zero attached hydrogens (tertiary/aromatic N) is 5. The predicted octanol–water partition coefficient (Wildman–Crippen LogP) is 3.85. The summed E-state index contributed by atoms with van der Waals surface area (Å²) < 4.78 is 3.47. The maximum Gasteiger partial charge on any atom is 0.259 e. The number of aromatic nitrogens is 5. The Balaban J connectivity index is 1.55. The molecule has 2 aromatic carbocycles. The third-order valence-corrected chi connectivity index (χ3v) is 4.85. The van der Waals surface area contributed by atoms with Gasteiger partial charge >= 0.3 is 0 Å². The van der Waals surface area contributed by atoms with Gasteiger partial charge in [0.2, 0.25) is 0 Å². The molecule has 29 heavy (non-hydrogen) atoms. The lowest BCUT2D eigenvalue weighted by Gasteiger charge is -2.10. The molecule has 2 heterocycles. The minimum Gasteiger partial charge on any atom is -0.322 e. The summed E-state index contributed by atoms with van der Waals surface area (Å²) in [5, 5.41) is 11.7. The zero-order valence-corrected chi connectivity index (χ0v) is 16.8. The van der Waals surface area contributed by atoms with Gasteiger partial charge < -0.3 is 5.32 Å². The van der Waals surface area contributed by atoms with Crippen LogP contribution >= 0.6 is 0 Å². The summed E-state index contributed by atoms with van der Waals surface area (Å²) in [4.78, 5) is 17.0. The maximum atomic E-state index is 12.8. The predicted molar refractivity (Wildman–Crippen MR) is 112 cm³/mol. The summed E-state index contributed by atoms with van der Waals surface area (Å²) in [5.41, 5.74) is 6.16. The number of rotatable bonds is 4. The summed E-state index contributed by atoms with van der Waals surface area (Å²) in [6, 6.07) is 13.6. The van der Waals surface area contributed by atoms with Crippen molar-refractivity contribution in [1.82, 2.24) is 24.5 Å². The Morgan fingerprint density at radius 1 is 1.03 bits per heavy atom. The van der Waals surface area contributed by atoms with Crippen molar-refractivity contribution >= 4 is 11.6 Å². The SMILES string of the molecule is Cc1ccc(C)c(-n2ncc(C(=O)Nc3ccc(-c4ncn(C)n4)cc3)c2C)c1. The lowest BCUT2D eigenvalue weighted by atomic mass is 10.1. The Hall–Kier alpha value is -3.74. The van der Waals surface area contributed by atoms with Gasteiger partial charge in [0.05, 0.1) is 23.1 Å². The molecule has 0 spiro atoms. The van der Waals surface area contributed by atoms with Crippen LogP contribution in [0.4, 0.5) is 5.69 Å². The van der Waals surface area contributed by atoms with Crippen molar-refractivity contribution in [3.05, 3.63) is 77.4 Å². The normalized spacial score (nSPS) is 10.9. The summed E-state index contributed by atoms with van der Waals surface area (Å²) in [6.45, 7) is 5.98. The van der Waals surface area contributed by atoms with E-state index < -0.39 is 0 Å². The Morgan fingerprint density at radius 3 is 2.48 bits per heavy atom. The minimum atomic E-state index is -0.192. The number of hydrogen-bond acceptors (Lipinski definition) is 4. The molecule has 146 valence electrons. The van der Waals surface area contributed by atoms with Gasteiger partial charge in [0, 0.05) is 18.3 Å². The average Bonchev–Trinajstić information content (AvgIpc) is 3.30. The second-order valence-corrected chi connectivity index (χ2v) is 7.12. The molecular weight excluding hydrogens is 364 g/mol. The molecule has 4 aromatic rings. The van der Waals surface area contributed by atoms with Gasteiger partial charge in [0.15, 0.2) is 5.82 Å². The van der Waals surface area contributed by atoms with Crippen LogP contribution in [0.15, 0.2) is 55.0 Å². The number of anilines is 1. The Bertz CT molecular complexity index is 1190. The fourth-order valence-corrected chi connectivity index (χ4v) is 3.20. The topological polar surface area (TPSA) is 77.6 Å². The van der Waals surface area contributed by atoms with Crippen molar-refractivity contribution < 1.29 is 4.79 Å². The number of aryl methyl sites for hydroxylation is 3. The smallest absolute Gasteiger partial charge is 0.259 e. The van der Waals surface area contributed by atoms with E-state index in [2.05, 4.69) is 38.7 Å². The van der Waals surface area contributed by atoms with Crippen molar-refractivity contribution in [2.24, 2.45) is 7.05 Å². The zero-order chi connectivity index (χ0) is 20.5. The second-order valence-electron chi connectivity index (χ2n) is 7.12. The van der Waals surface area contributed by atoms with Crippen molar-refractivity contribution in [1.29, 1.82) is 0 Å². The molecular formula is C22H22N6O. The van der Waals surface area contributed by atoms with Gasteiger partial charge in [-0.2, -0.15) is 10.2 Å². The van der Waals surface area contributed by atoms with Gasteiger partial charge in [-0.25, -0.2) is 9.67 Å². The van der Waals surface area contributed by atoms with Crippen LogP contribution in [0.3, 0.4) is 0 Å². The van der Waals surface area contributed by atoms with E-state index in [1.54, 1.807) is 17.2 Å². The molecule has 0 saturated heterocycles. The van der Waals surface area contributed by atoms with E-state index in [0.29, 0.717) is 17.1 Å². The Morgan fingerprint density at radius 2 is 1.79 bits per heavy atom. The summed E-state index contributed by atoms with van der Waals surface area (Å²) in [5.74, 6) is 0.457.